The van der Waals surface area contributed by atoms with Crippen LogP contribution in [-0.2, 0) is 11.3 Å². The van der Waals surface area contributed by atoms with Crippen molar-refractivity contribution in [3.05, 3.63) is 65.7 Å². The Balaban J connectivity index is 2.04. The van der Waals surface area contributed by atoms with Gasteiger partial charge in [0.2, 0.25) is 0 Å². The molecule has 2 aromatic rings. The molecule has 2 nitrogen and oxygen atoms in total. The summed E-state index contributed by atoms with van der Waals surface area (Å²) >= 11 is 0. The van der Waals surface area contributed by atoms with E-state index in [2.05, 4.69) is 19.1 Å². The first-order chi connectivity index (χ1) is 9.31. The Bertz CT molecular complexity index is 494. The minimum Gasteiger partial charge on any atom is -0.508 e. The normalized spacial score (nSPS) is 12.3. The number of ether oxygens (including phenoxy) is 1. The Morgan fingerprint density at radius 3 is 2.37 bits per heavy atom. The third-order valence-electron chi connectivity index (χ3n) is 3.15. The summed E-state index contributed by atoms with van der Waals surface area (Å²) < 4.78 is 5.98. The largest absolute Gasteiger partial charge is 0.508 e. The van der Waals surface area contributed by atoms with E-state index in [0.717, 1.165) is 18.4 Å². The molecule has 0 fully saturated rings. The van der Waals surface area contributed by atoms with E-state index in [1.165, 1.54) is 5.56 Å². The first-order valence-corrected chi connectivity index (χ1v) is 6.74. The Kier molecular flexibility index (Phi) is 4.99. The van der Waals surface area contributed by atoms with Gasteiger partial charge in [-0.2, -0.15) is 0 Å². The lowest BCUT2D eigenvalue weighted by Gasteiger charge is -2.18. The van der Waals surface area contributed by atoms with Crippen molar-refractivity contribution in [2.75, 3.05) is 0 Å². The zero-order valence-corrected chi connectivity index (χ0v) is 11.3. The number of para-hydroxylation sites is 1. The van der Waals surface area contributed by atoms with Crippen molar-refractivity contribution < 1.29 is 9.84 Å². The molecule has 1 unspecified atom stereocenters. The third kappa shape index (κ3) is 3.83. The molecule has 0 spiro atoms. The highest BCUT2D eigenvalue weighted by Gasteiger charge is 2.11. The van der Waals surface area contributed by atoms with E-state index in [9.17, 15) is 5.11 Å². The fraction of sp³-hybridized carbons (Fsp3) is 0.294. The van der Waals surface area contributed by atoms with Crippen molar-refractivity contribution >= 4 is 0 Å². The summed E-state index contributed by atoms with van der Waals surface area (Å²) in [6.07, 6.45) is 2.14. The summed E-state index contributed by atoms with van der Waals surface area (Å²) in [5.41, 5.74) is 2.03. The highest BCUT2D eigenvalue weighted by atomic mass is 16.5. The van der Waals surface area contributed by atoms with Crippen molar-refractivity contribution in [1.82, 2.24) is 0 Å². The van der Waals surface area contributed by atoms with Gasteiger partial charge in [-0.15, -0.1) is 0 Å². The molecule has 2 aromatic carbocycles. The van der Waals surface area contributed by atoms with E-state index in [4.69, 9.17) is 4.74 Å². The van der Waals surface area contributed by atoms with Crippen LogP contribution in [0.15, 0.2) is 54.6 Å². The van der Waals surface area contributed by atoms with Crippen LogP contribution in [0.5, 0.6) is 5.75 Å². The van der Waals surface area contributed by atoms with Crippen molar-refractivity contribution in [2.24, 2.45) is 0 Å². The number of hydrogen-bond donors (Lipinski definition) is 1. The monoisotopic (exact) mass is 256 g/mol. The Morgan fingerprint density at radius 2 is 1.68 bits per heavy atom. The van der Waals surface area contributed by atoms with Crippen LogP contribution in [0.2, 0.25) is 0 Å². The zero-order chi connectivity index (χ0) is 13.5. The summed E-state index contributed by atoms with van der Waals surface area (Å²) in [6, 6.07) is 17.6. The van der Waals surface area contributed by atoms with Crippen LogP contribution in [0.1, 0.15) is 37.0 Å². The molecule has 0 heterocycles. The van der Waals surface area contributed by atoms with Crippen molar-refractivity contribution in [1.29, 1.82) is 0 Å². The molecule has 2 rings (SSSR count). The molecule has 0 bridgehead atoms. The lowest BCUT2D eigenvalue weighted by Crippen LogP contribution is -2.04. The fourth-order valence-corrected chi connectivity index (χ4v) is 2.10. The SMILES string of the molecule is CCCC(OCc1ccccc1O)c1ccccc1. The van der Waals surface area contributed by atoms with Crippen molar-refractivity contribution in [3.63, 3.8) is 0 Å². The van der Waals surface area contributed by atoms with Crippen LogP contribution < -0.4 is 0 Å². The van der Waals surface area contributed by atoms with E-state index in [-0.39, 0.29) is 6.10 Å². The van der Waals surface area contributed by atoms with Crippen LogP contribution in [-0.4, -0.2) is 5.11 Å². The molecule has 19 heavy (non-hydrogen) atoms. The van der Waals surface area contributed by atoms with E-state index in [1.54, 1.807) is 6.07 Å². The molecule has 100 valence electrons. The average molecular weight is 256 g/mol. The molecule has 0 aliphatic rings. The Morgan fingerprint density at radius 1 is 1.00 bits per heavy atom. The summed E-state index contributed by atoms with van der Waals surface area (Å²) in [5, 5.41) is 9.74. The van der Waals surface area contributed by atoms with Crippen LogP contribution >= 0.6 is 0 Å². The molecule has 0 radical (unpaired) electrons. The van der Waals surface area contributed by atoms with Gasteiger partial charge in [0, 0.05) is 5.56 Å². The van der Waals surface area contributed by atoms with Crippen LogP contribution in [0.25, 0.3) is 0 Å². The molecular formula is C17H20O2. The summed E-state index contributed by atoms with van der Waals surface area (Å²) in [7, 11) is 0. The van der Waals surface area contributed by atoms with Gasteiger partial charge in [-0.1, -0.05) is 61.9 Å². The van der Waals surface area contributed by atoms with Crippen LogP contribution in [0.3, 0.4) is 0 Å². The minimum absolute atomic E-state index is 0.0887. The predicted molar refractivity (Wildman–Crippen MR) is 77.0 cm³/mol. The number of benzene rings is 2. The fourth-order valence-electron chi connectivity index (χ4n) is 2.10. The van der Waals surface area contributed by atoms with Gasteiger partial charge in [0.05, 0.1) is 12.7 Å². The number of hydrogen-bond acceptors (Lipinski definition) is 2. The summed E-state index contributed by atoms with van der Waals surface area (Å²) in [4.78, 5) is 0. The zero-order valence-electron chi connectivity index (χ0n) is 11.3. The second-order valence-corrected chi connectivity index (χ2v) is 4.63. The Hall–Kier alpha value is -1.80. The first kappa shape index (κ1) is 13.6. The molecule has 2 heteroatoms. The first-order valence-electron chi connectivity index (χ1n) is 6.74. The molecule has 1 atom stereocenters. The van der Waals surface area contributed by atoms with E-state index >= 15 is 0 Å². The van der Waals surface area contributed by atoms with Crippen LogP contribution in [0, 0.1) is 0 Å². The molecule has 0 saturated carbocycles. The number of rotatable bonds is 6. The topological polar surface area (TPSA) is 29.5 Å². The molecule has 0 amide bonds. The summed E-state index contributed by atoms with van der Waals surface area (Å²) in [5.74, 6) is 0.297. The van der Waals surface area contributed by atoms with Gasteiger partial charge in [0.1, 0.15) is 5.75 Å². The van der Waals surface area contributed by atoms with Crippen molar-refractivity contribution in [3.8, 4) is 5.75 Å². The lowest BCUT2D eigenvalue weighted by atomic mass is 10.1. The van der Waals surface area contributed by atoms with E-state index in [1.807, 2.05) is 36.4 Å². The van der Waals surface area contributed by atoms with Gasteiger partial charge in [-0.05, 0) is 18.1 Å². The molecule has 0 aromatic heterocycles. The highest BCUT2D eigenvalue weighted by Crippen LogP contribution is 2.26. The van der Waals surface area contributed by atoms with Gasteiger partial charge in [0.25, 0.3) is 0 Å². The smallest absolute Gasteiger partial charge is 0.121 e. The van der Waals surface area contributed by atoms with E-state index < -0.39 is 0 Å². The maximum atomic E-state index is 9.74. The molecule has 0 aliphatic heterocycles. The molecule has 0 aliphatic carbocycles. The van der Waals surface area contributed by atoms with Gasteiger partial charge >= 0.3 is 0 Å². The quantitative estimate of drug-likeness (QED) is 0.827. The number of aromatic hydroxyl groups is 1. The molecule has 0 saturated heterocycles. The maximum Gasteiger partial charge on any atom is 0.121 e. The predicted octanol–water partition coefficient (Wildman–Crippen LogP) is 4.45. The standard InChI is InChI=1S/C17H20O2/c1-2-8-17(14-9-4-3-5-10-14)19-13-15-11-6-7-12-16(15)18/h3-7,9-12,17-18H,2,8,13H2,1H3. The number of phenols is 1. The minimum atomic E-state index is 0.0887. The lowest BCUT2D eigenvalue weighted by molar-refractivity contribution is 0.0324. The molecule has 1 N–H and O–H groups in total. The maximum absolute atomic E-state index is 9.74. The van der Waals surface area contributed by atoms with Gasteiger partial charge in [-0.25, -0.2) is 0 Å². The van der Waals surface area contributed by atoms with Gasteiger partial charge in [-0.3, -0.25) is 0 Å². The highest BCUT2D eigenvalue weighted by molar-refractivity contribution is 5.31. The summed E-state index contributed by atoms with van der Waals surface area (Å²) in [6.45, 7) is 2.59. The van der Waals surface area contributed by atoms with Crippen LogP contribution in [0.4, 0.5) is 0 Å². The Labute approximate surface area is 114 Å². The second kappa shape index (κ2) is 6.95. The van der Waals surface area contributed by atoms with E-state index in [0.29, 0.717) is 12.4 Å². The average Bonchev–Trinajstić information content (AvgIpc) is 2.46. The third-order valence-corrected chi connectivity index (χ3v) is 3.15. The second-order valence-electron chi connectivity index (χ2n) is 4.63. The number of phenolic OH excluding ortho intramolecular Hbond substituents is 1. The van der Waals surface area contributed by atoms with Gasteiger partial charge < -0.3 is 9.84 Å². The van der Waals surface area contributed by atoms with Crippen molar-refractivity contribution in [2.45, 2.75) is 32.5 Å². The molecular weight excluding hydrogens is 236 g/mol. The van der Waals surface area contributed by atoms with Gasteiger partial charge in [0.15, 0.2) is 0 Å².